The lowest BCUT2D eigenvalue weighted by Gasteiger charge is -2.18. The molecule has 6 heteroatoms. The molecule has 1 unspecified atom stereocenters. The fourth-order valence-electron chi connectivity index (χ4n) is 8.81. The van der Waals surface area contributed by atoms with Crippen molar-refractivity contribution in [3.05, 3.63) is 122 Å². The van der Waals surface area contributed by atoms with Crippen molar-refractivity contribution in [1.82, 2.24) is 0 Å². The first-order valence-electron chi connectivity index (χ1n) is 32.5. The SMILES string of the molecule is CC/C=C\C/C=C\C/C=C\C/C=C\C/C=C\C/C=C\C/C=C\CCCC(=O)OCC(COC(=O)CCCCCCCCC/C=C\CCCCCCCCC)OC(=O)CCCCCCCCCCC/C=C\C/C=C\CCCCC. The molecule has 0 spiro atoms. The second-order valence-electron chi connectivity index (χ2n) is 21.3. The van der Waals surface area contributed by atoms with E-state index in [9.17, 15) is 14.4 Å². The van der Waals surface area contributed by atoms with Crippen LogP contribution >= 0.6 is 0 Å². The lowest BCUT2D eigenvalue weighted by molar-refractivity contribution is -0.167. The Hall–Kier alpha value is -4.19. The van der Waals surface area contributed by atoms with Crippen LogP contribution in [0.3, 0.4) is 0 Å². The van der Waals surface area contributed by atoms with Gasteiger partial charge in [-0.1, -0.05) is 271 Å². The summed E-state index contributed by atoms with van der Waals surface area (Å²) in [5.74, 6) is -0.966. The summed E-state index contributed by atoms with van der Waals surface area (Å²) in [4.78, 5) is 38.4. The lowest BCUT2D eigenvalue weighted by Crippen LogP contribution is -2.30. The van der Waals surface area contributed by atoms with Crippen LogP contribution in [0.2, 0.25) is 0 Å². The van der Waals surface area contributed by atoms with Crippen LogP contribution in [0.1, 0.15) is 297 Å². The summed E-state index contributed by atoms with van der Waals surface area (Å²) in [5, 5.41) is 0. The van der Waals surface area contributed by atoms with Gasteiger partial charge in [-0.05, 0) is 128 Å². The van der Waals surface area contributed by atoms with Crippen molar-refractivity contribution in [2.45, 2.75) is 303 Å². The summed E-state index contributed by atoms with van der Waals surface area (Å²) in [6, 6.07) is 0. The minimum atomic E-state index is -0.811. The number of esters is 3. The summed E-state index contributed by atoms with van der Waals surface area (Å²) in [5.41, 5.74) is 0. The van der Waals surface area contributed by atoms with Gasteiger partial charge in [-0.3, -0.25) is 14.4 Å². The Kier molecular flexibility index (Phi) is 61.8. The van der Waals surface area contributed by atoms with Crippen LogP contribution < -0.4 is 0 Å². The Bertz CT molecular complexity index is 1620. The summed E-state index contributed by atoms with van der Waals surface area (Å²) in [6.45, 7) is 6.46. The van der Waals surface area contributed by atoms with Crippen LogP contribution in [0.25, 0.3) is 0 Å². The third kappa shape index (κ3) is 62.7. The standard InChI is InChI=1S/C72H120O6/c1-4-7-10-13-16-19-22-25-28-31-34-35-36-37-39-41-44-47-50-53-56-59-62-65-71(74)77-68-69(67-76-70(73)64-61-58-55-52-49-46-43-40-33-30-27-24-21-18-15-12-9-6-3)78-72(75)66-63-60-57-54-51-48-45-42-38-32-29-26-23-20-17-14-11-8-5-2/h7,10,16-17,19-20,25-26,28-30,33-35,37,39,44,47,53,56,69H,4-6,8-9,11-15,18,21-24,27,31-32,36,38,40-43,45-46,48-52,54-55,57-68H2,1-3H3/b10-7-,19-16-,20-17-,28-25-,29-26-,33-30-,35-34-,39-37-,47-44-,56-53-. The molecule has 0 fully saturated rings. The quantitative estimate of drug-likeness (QED) is 0.0261. The van der Waals surface area contributed by atoms with E-state index in [1.54, 1.807) is 0 Å². The first kappa shape index (κ1) is 73.8. The molecule has 0 aromatic rings. The Morgan fingerprint density at radius 3 is 0.872 bits per heavy atom. The molecular weight excluding hydrogens is 961 g/mol. The molecule has 6 nitrogen and oxygen atoms in total. The minimum absolute atomic E-state index is 0.102. The smallest absolute Gasteiger partial charge is 0.306 e. The van der Waals surface area contributed by atoms with E-state index in [2.05, 4.69) is 142 Å². The summed E-state index contributed by atoms with van der Waals surface area (Å²) < 4.78 is 16.9. The molecule has 444 valence electrons. The fraction of sp³-hybridized carbons (Fsp3) is 0.681. The van der Waals surface area contributed by atoms with Crippen LogP contribution in [-0.2, 0) is 28.6 Å². The van der Waals surface area contributed by atoms with Gasteiger partial charge in [0.15, 0.2) is 6.10 Å². The van der Waals surface area contributed by atoms with Crippen molar-refractivity contribution < 1.29 is 28.6 Å². The summed E-state index contributed by atoms with van der Waals surface area (Å²) in [7, 11) is 0. The van der Waals surface area contributed by atoms with E-state index in [1.165, 1.54) is 154 Å². The van der Waals surface area contributed by atoms with Crippen LogP contribution in [0.15, 0.2) is 122 Å². The largest absolute Gasteiger partial charge is 0.462 e. The van der Waals surface area contributed by atoms with E-state index >= 15 is 0 Å². The number of carbonyl (C=O) groups excluding carboxylic acids is 3. The Morgan fingerprint density at radius 2 is 0.513 bits per heavy atom. The molecule has 0 amide bonds. The Balaban J connectivity index is 4.50. The van der Waals surface area contributed by atoms with Crippen molar-refractivity contribution >= 4 is 17.9 Å². The van der Waals surface area contributed by atoms with Gasteiger partial charge in [0, 0.05) is 19.3 Å². The topological polar surface area (TPSA) is 78.9 Å². The molecule has 0 radical (unpaired) electrons. The van der Waals surface area contributed by atoms with Gasteiger partial charge < -0.3 is 14.2 Å². The zero-order valence-electron chi connectivity index (χ0n) is 50.9. The highest BCUT2D eigenvalue weighted by molar-refractivity contribution is 5.71. The number of carbonyl (C=O) groups is 3. The van der Waals surface area contributed by atoms with Gasteiger partial charge >= 0.3 is 17.9 Å². The molecule has 0 rings (SSSR count). The van der Waals surface area contributed by atoms with Crippen molar-refractivity contribution in [3.63, 3.8) is 0 Å². The van der Waals surface area contributed by atoms with Gasteiger partial charge in [-0.25, -0.2) is 0 Å². The maximum absolute atomic E-state index is 12.9. The average Bonchev–Trinajstić information content (AvgIpc) is 3.44. The Labute approximate surface area is 482 Å². The first-order chi connectivity index (χ1) is 38.5. The van der Waals surface area contributed by atoms with Gasteiger partial charge in [0.05, 0.1) is 0 Å². The van der Waals surface area contributed by atoms with Gasteiger partial charge in [0.2, 0.25) is 0 Å². The van der Waals surface area contributed by atoms with Crippen molar-refractivity contribution in [2.75, 3.05) is 13.2 Å². The third-order valence-electron chi connectivity index (χ3n) is 13.7. The predicted octanol–water partition coefficient (Wildman–Crippen LogP) is 22.4. The fourth-order valence-corrected chi connectivity index (χ4v) is 8.81. The predicted molar refractivity (Wildman–Crippen MR) is 339 cm³/mol. The van der Waals surface area contributed by atoms with E-state index in [0.717, 1.165) is 96.3 Å². The minimum Gasteiger partial charge on any atom is -0.462 e. The normalized spacial score (nSPS) is 12.9. The van der Waals surface area contributed by atoms with Crippen LogP contribution in [0.5, 0.6) is 0 Å². The van der Waals surface area contributed by atoms with Gasteiger partial charge in [0.1, 0.15) is 13.2 Å². The third-order valence-corrected chi connectivity index (χ3v) is 13.7. The van der Waals surface area contributed by atoms with Gasteiger partial charge in [-0.2, -0.15) is 0 Å². The number of hydrogen-bond donors (Lipinski definition) is 0. The number of ether oxygens (including phenoxy) is 3. The monoisotopic (exact) mass is 1080 g/mol. The lowest BCUT2D eigenvalue weighted by atomic mass is 10.1. The number of allylic oxidation sites excluding steroid dienone is 20. The maximum atomic E-state index is 12.9. The van der Waals surface area contributed by atoms with Crippen molar-refractivity contribution in [2.24, 2.45) is 0 Å². The molecule has 0 aromatic heterocycles. The molecule has 0 aliphatic rings. The molecule has 1 atom stereocenters. The van der Waals surface area contributed by atoms with E-state index in [0.29, 0.717) is 19.3 Å². The second-order valence-corrected chi connectivity index (χ2v) is 21.3. The van der Waals surface area contributed by atoms with Crippen LogP contribution in [-0.4, -0.2) is 37.2 Å². The van der Waals surface area contributed by atoms with Gasteiger partial charge in [0.25, 0.3) is 0 Å². The Morgan fingerprint density at radius 1 is 0.269 bits per heavy atom. The summed E-state index contributed by atoms with van der Waals surface area (Å²) in [6.07, 6.45) is 90.6. The zero-order chi connectivity index (χ0) is 56.4. The average molecular weight is 1080 g/mol. The first-order valence-corrected chi connectivity index (χ1v) is 32.5. The van der Waals surface area contributed by atoms with E-state index in [1.807, 2.05) is 0 Å². The molecule has 0 bridgehead atoms. The number of unbranched alkanes of at least 4 members (excludes halogenated alkanes) is 27. The molecule has 0 aromatic carbocycles. The van der Waals surface area contributed by atoms with E-state index in [4.69, 9.17) is 14.2 Å². The molecule has 0 N–H and O–H groups in total. The molecule has 78 heavy (non-hydrogen) atoms. The highest BCUT2D eigenvalue weighted by Gasteiger charge is 2.19. The molecule has 0 saturated heterocycles. The number of hydrogen-bond acceptors (Lipinski definition) is 6. The molecule has 0 heterocycles. The van der Waals surface area contributed by atoms with Crippen LogP contribution in [0, 0.1) is 0 Å². The number of rotatable bonds is 58. The van der Waals surface area contributed by atoms with Crippen LogP contribution in [0.4, 0.5) is 0 Å². The zero-order valence-corrected chi connectivity index (χ0v) is 50.9. The van der Waals surface area contributed by atoms with Crippen molar-refractivity contribution in [1.29, 1.82) is 0 Å². The van der Waals surface area contributed by atoms with E-state index < -0.39 is 6.10 Å². The highest BCUT2D eigenvalue weighted by atomic mass is 16.6. The van der Waals surface area contributed by atoms with Crippen molar-refractivity contribution in [3.8, 4) is 0 Å². The van der Waals surface area contributed by atoms with Gasteiger partial charge in [-0.15, -0.1) is 0 Å². The molecule has 0 aliphatic carbocycles. The molecule has 0 aliphatic heterocycles. The summed E-state index contributed by atoms with van der Waals surface area (Å²) >= 11 is 0. The molecular formula is C72H120O6. The molecule has 0 saturated carbocycles. The maximum Gasteiger partial charge on any atom is 0.306 e. The highest BCUT2D eigenvalue weighted by Crippen LogP contribution is 2.15. The van der Waals surface area contributed by atoms with E-state index in [-0.39, 0.29) is 37.5 Å². The second kappa shape index (κ2) is 65.3.